The van der Waals surface area contributed by atoms with Crippen LogP contribution in [0.25, 0.3) is 0 Å². The number of carbonyl (C=O) groups is 1. The summed E-state index contributed by atoms with van der Waals surface area (Å²) in [5, 5.41) is 0. The van der Waals surface area contributed by atoms with Crippen LogP contribution in [0.5, 0.6) is 0 Å². The van der Waals surface area contributed by atoms with Crippen LogP contribution >= 0.6 is 0 Å². The molecule has 2 heterocycles. The molecule has 0 spiro atoms. The molecule has 1 aromatic heterocycles. The van der Waals surface area contributed by atoms with E-state index in [1.807, 2.05) is 29.0 Å². The Labute approximate surface area is 107 Å². The van der Waals surface area contributed by atoms with Gasteiger partial charge in [-0.25, -0.2) is 0 Å². The Morgan fingerprint density at radius 3 is 2.72 bits per heavy atom. The Balaban J connectivity index is 1.79. The monoisotopic (exact) mass is 249 g/mol. The van der Waals surface area contributed by atoms with Crippen LogP contribution in [0, 0.1) is 0 Å². The fraction of sp³-hybridized carbons (Fsp3) is 0.538. The second-order valence-electron chi connectivity index (χ2n) is 4.52. The lowest BCUT2D eigenvalue weighted by atomic mass is 10.2. The fourth-order valence-electron chi connectivity index (χ4n) is 2.00. The molecule has 0 aliphatic carbocycles. The molecule has 5 heteroatoms. The predicted molar refractivity (Wildman–Crippen MR) is 68.0 cm³/mol. The second-order valence-corrected chi connectivity index (χ2v) is 4.52. The van der Waals surface area contributed by atoms with Gasteiger partial charge in [-0.1, -0.05) is 0 Å². The van der Waals surface area contributed by atoms with Crippen molar-refractivity contribution in [3.63, 3.8) is 0 Å². The van der Waals surface area contributed by atoms with Gasteiger partial charge in [-0.05, 0) is 24.7 Å². The van der Waals surface area contributed by atoms with E-state index in [0.717, 1.165) is 6.54 Å². The number of hydrogen-bond acceptors (Lipinski definition) is 4. The molecule has 1 saturated heterocycles. The van der Waals surface area contributed by atoms with Crippen LogP contribution in [0.2, 0.25) is 0 Å². The highest BCUT2D eigenvalue weighted by atomic mass is 16.5. The van der Waals surface area contributed by atoms with Crippen molar-refractivity contribution in [2.45, 2.75) is 6.54 Å². The van der Waals surface area contributed by atoms with E-state index in [1.165, 1.54) is 5.56 Å². The molecule has 0 unspecified atom stereocenters. The first-order valence-corrected chi connectivity index (χ1v) is 6.18. The maximum Gasteiger partial charge on any atom is 0.236 e. The minimum Gasteiger partial charge on any atom is -0.378 e. The van der Waals surface area contributed by atoms with E-state index in [1.54, 1.807) is 12.4 Å². The maximum atomic E-state index is 12.0. The van der Waals surface area contributed by atoms with Gasteiger partial charge in [0, 0.05) is 32.0 Å². The molecular weight excluding hydrogens is 230 g/mol. The number of morpholine rings is 1. The molecule has 5 nitrogen and oxygen atoms in total. The predicted octanol–water partition coefficient (Wildman–Crippen LogP) is 0.372. The van der Waals surface area contributed by atoms with Gasteiger partial charge < -0.3 is 9.64 Å². The smallest absolute Gasteiger partial charge is 0.236 e. The molecule has 1 aliphatic heterocycles. The molecule has 0 radical (unpaired) electrons. The van der Waals surface area contributed by atoms with Crippen LogP contribution in [0.3, 0.4) is 0 Å². The van der Waals surface area contributed by atoms with E-state index in [2.05, 4.69) is 4.98 Å². The van der Waals surface area contributed by atoms with Crippen molar-refractivity contribution >= 4 is 5.91 Å². The summed E-state index contributed by atoms with van der Waals surface area (Å²) < 4.78 is 5.24. The number of pyridine rings is 1. The van der Waals surface area contributed by atoms with Crippen LogP contribution in [0.1, 0.15) is 5.56 Å². The average Bonchev–Trinajstić information content (AvgIpc) is 2.40. The summed E-state index contributed by atoms with van der Waals surface area (Å²) >= 11 is 0. The normalized spacial score (nSPS) is 16.0. The van der Waals surface area contributed by atoms with Gasteiger partial charge >= 0.3 is 0 Å². The Bertz CT molecular complexity index is 377. The zero-order chi connectivity index (χ0) is 12.8. The van der Waals surface area contributed by atoms with Gasteiger partial charge in [-0.2, -0.15) is 0 Å². The summed E-state index contributed by atoms with van der Waals surface area (Å²) in [6.45, 7) is 3.93. The van der Waals surface area contributed by atoms with Crippen molar-refractivity contribution in [2.24, 2.45) is 0 Å². The largest absolute Gasteiger partial charge is 0.378 e. The van der Waals surface area contributed by atoms with Gasteiger partial charge in [0.1, 0.15) is 0 Å². The minimum atomic E-state index is 0.176. The quantitative estimate of drug-likeness (QED) is 0.773. The summed E-state index contributed by atoms with van der Waals surface area (Å²) in [4.78, 5) is 19.9. The van der Waals surface area contributed by atoms with Gasteiger partial charge in [-0.15, -0.1) is 0 Å². The van der Waals surface area contributed by atoms with Gasteiger partial charge in [0.25, 0.3) is 0 Å². The number of ether oxygens (including phenoxy) is 1. The van der Waals surface area contributed by atoms with Crippen LogP contribution in [0.15, 0.2) is 24.5 Å². The van der Waals surface area contributed by atoms with Crippen molar-refractivity contribution in [3.8, 4) is 0 Å². The number of nitrogens with zero attached hydrogens (tertiary/aromatic N) is 3. The lowest BCUT2D eigenvalue weighted by Crippen LogP contribution is -2.44. The third kappa shape index (κ3) is 3.78. The van der Waals surface area contributed by atoms with Gasteiger partial charge in [0.2, 0.25) is 5.91 Å². The number of hydrogen-bond donors (Lipinski definition) is 0. The van der Waals surface area contributed by atoms with E-state index in [0.29, 0.717) is 32.8 Å². The number of amides is 1. The average molecular weight is 249 g/mol. The van der Waals surface area contributed by atoms with Crippen LogP contribution in [-0.4, -0.2) is 60.6 Å². The maximum absolute atomic E-state index is 12.0. The zero-order valence-corrected chi connectivity index (χ0v) is 10.7. The summed E-state index contributed by atoms with van der Waals surface area (Å²) in [6.07, 6.45) is 3.54. The van der Waals surface area contributed by atoms with Crippen molar-refractivity contribution in [2.75, 3.05) is 39.9 Å². The molecule has 1 amide bonds. The van der Waals surface area contributed by atoms with Crippen LogP contribution in [-0.2, 0) is 16.1 Å². The first-order valence-electron chi connectivity index (χ1n) is 6.18. The molecule has 0 aromatic carbocycles. The molecule has 1 aliphatic rings. The standard InChI is InChI=1S/C13H19N3O2/c1-15(10-12-2-4-14-5-3-12)11-13(17)16-6-8-18-9-7-16/h2-5H,6-11H2,1H3. The van der Waals surface area contributed by atoms with Gasteiger partial charge in [0.15, 0.2) is 0 Å². The van der Waals surface area contributed by atoms with E-state index < -0.39 is 0 Å². The van der Waals surface area contributed by atoms with Crippen molar-refractivity contribution in [1.82, 2.24) is 14.8 Å². The molecule has 18 heavy (non-hydrogen) atoms. The van der Waals surface area contributed by atoms with E-state index >= 15 is 0 Å². The van der Waals surface area contributed by atoms with Gasteiger partial charge in [-0.3, -0.25) is 14.7 Å². The van der Waals surface area contributed by atoms with Gasteiger partial charge in [0.05, 0.1) is 19.8 Å². The molecule has 98 valence electrons. The highest BCUT2D eigenvalue weighted by Gasteiger charge is 2.17. The Morgan fingerprint density at radius 2 is 2.06 bits per heavy atom. The Kier molecular flexibility index (Phi) is 4.66. The third-order valence-electron chi connectivity index (χ3n) is 2.97. The second kappa shape index (κ2) is 6.47. The number of aromatic nitrogens is 1. The molecule has 2 rings (SSSR count). The summed E-state index contributed by atoms with van der Waals surface area (Å²) in [5.74, 6) is 0.176. The number of likely N-dealkylation sites (N-methyl/N-ethyl adjacent to an activating group) is 1. The summed E-state index contributed by atoms with van der Waals surface area (Å²) in [7, 11) is 1.96. The SMILES string of the molecule is CN(CC(=O)N1CCOCC1)Cc1ccncc1. The lowest BCUT2D eigenvalue weighted by molar-refractivity contribution is -0.136. The molecular formula is C13H19N3O2. The van der Waals surface area contributed by atoms with Crippen LogP contribution < -0.4 is 0 Å². The van der Waals surface area contributed by atoms with E-state index in [-0.39, 0.29) is 5.91 Å². The summed E-state index contributed by atoms with van der Waals surface area (Å²) in [6, 6.07) is 3.94. The third-order valence-corrected chi connectivity index (χ3v) is 2.97. The highest BCUT2D eigenvalue weighted by molar-refractivity contribution is 5.78. The van der Waals surface area contributed by atoms with Crippen molar-refractivity contribution < 1.29 is 9.53 Å². The van der Waals surface area contributed by atoms with Crippen molar-refractivity contribution in [3.05, 3.63) is 30.1 Å². The first kappa shape index (κ1) is 13.0. The number of carbonyl (C=O) groups excluding carboxylic acids is 1. The zero-order valence-electron chi connectivity index (χ0n) is 10.7. The molecule has 0 bridgehead atoms. The molecule has 1 aromatic rings. The highest BCUT2D eigenvalue weighted by Crippen LogP contribution is 2.03. The Morgan fingerprint density at radius 1 is 1.39 bits per heavy atom. The Hall–Kier alpha value is -1.46. The van der Waals surface area contributed by atoms with Crippen LogP contribution in [0.4, 0.5) is 0 Å². The molecule has 0 atom stereocenters. The number of rotatable bonds is 4. The molecule has 1 fully saturated rings. The van der Waals surface area contributed by atoms with E-state index in [9.17, 15) is 4.79 Å². The van der Waals surface area contributed by atoms with Crippen molar-refractivity contribution in [1.29, 1.82) is 0 Å². The lowest BCUT2D eigenvalue weighted by Gasteiger charge is -2.28. The fourth-order valence-corrected chi connectivity index (χ4v) is 2.00. The molecule has 0 saturated carbocycles. The minimum absolute atomic E-state index is 0.176. The first-order chi connectivity index (χ1) is 8.75. The van der Waals surface area contributed by atoms with E-state index in [4.69, 9.17) is 4.74 Å². The molecule has 0 N–H and O–H groups in total. The topological polar surface area (TPSA) is 45.7 Å². The summed E-state index contributed by atoms with van der Waals surface area (Å²) in [5.41, 5.74) is 1.17.